The summed E-state index contributed by atoms with van der Waals surface area (Å²) in [6, 6.07) is 9.00. The molecule has 2 aromatic rings. The van der Waals surface area contributed by atoms with E-state index >= 15 is 0 Å². The zero-order chi connectivity index (χ0) is 14.5. The second kappa shape index (κ2) is 5.89. The average Bonchev–Trinajstić information content (AvgIpc) is 2.44. The fourth-order valence-corrected chi connectivity index (χ4v) is 1.90. The van der Waals surface area contributed by atoms with Crippen molar-refractivity contribution in [2.75, 3.05) is 5.32 Å². The highest BCUT2D eigenvalue weighted by Crippen LogP contribution is 2.22. The maximum absolute atomic E-state index is 10.7. The molecule has 0 radical (unpaired) electrons. The Morgan fingerprint density at radius 1 is 1.45 bits per heavy atom. The highest BCUT2D eigenvalue weighted by atomic mass is 16.6. The second-order valence-corrected chi connectivity index (χ2v) is 4.30. The molecule has 0 aliphatic heterocycles. The van der Waals surface area contributed by atoms with Gasteiger partial charge in [-0.2, -0.15) is 5.26 Å². The average molecular weight is 270 g/mol. The molecule has 0 fully saturated rings. The molecule has 1 aromatic heterocycles. The number of rotatable bonds is 4. The minimum atomic E-state index is -0.907. The number of nitrogens with zero attached hydrogens (tertiary/aromatic N) is 2. The highest BCUT2D eigenvalue weighted by Gasteiger charge is 2.20. The lowest BCUT2D eigenvalue weighted by Gasteiger charge is -2.20. The van der Waals surface area contributed by atoms with Crippen molar-refractivity contribution in [1.82, 2.24) is 4.98 Å². The summed E-state index contributed by atoms with van der Waals surface area (Å²) < 4.78 is 4.82. The van der Waals surface area contributed by atoms with E-state index in [2.05, 4.69) is 10.3 Å². The Balaban J connectivity index is 2.26. The lowest BCUT2D eigenvalue weighted by molar-refractivity contribution is 0.113. The third-order valence-corrected chi connectivity index (χ3v) is 2.89. The standard InChI is InChI=1S/C14H14N4O2/c1-9(20-14(16)19)12(6-15)18-13-8-17-7-10-4-2-3-5-11(10)13/h2-5,7-9,12,18H,1H3,(H2,16,19)/t9-,12?/m0/s1. The van der Waals surface area contributed by atoms with Gasteiger partial charge in [-0.1, -0.05) is 24.3 Å². The number of primary amides is 1. The number of anilines is 1. The van der Waals surface area contributed by atoms with Crippen molar-refractivity contribution in [3.63, 3.8) is 0 Å². The molecule has 0 saturated carbocycles. The topological polar surface area (TPSA) is 101 Å². The molecule has 6 nitrogen and oxygen atoms in total. The number of hydrogen-bond acceptors (Lipinski definition) is 5. The number of nitrogens with two attached hydrogens (primary N) is 1. The summed E-state index contributed by atoms with van der Waals surface area (Å²) in [5.74, 6) is 0. The van der Waals surface area contributed by atoms with Crippen LogP contribution in [0.5, 0.6) is 0 Å². The third-order valence-electron chi connectivity index (χ3n) is 2.89. The van der Waals surface area contributed by atoms with Crippen molar-refractivity contribution < 1.29 is 9.53 Å². The van der Waals surface area contributed by atoms with E-state index in [1.54, 1.807) is 19.3 Å². The van der Waals surface area contributed by atoms with Crippen LogP contribution in [0.2, 0.25) is 0 Å². The molecule has 1 amide bonds. The van der Waals surface area contributed by atoms with Gasteiger partial charge in [-0.25, -0.2) is 4.79 Å². The molecular formula is C14H14N4O2. The number of ether oxygens (including phenoxy) is 1. The molecule has 3 N–H and O–H groups in total. The Labute approximate surface area is 116 Å². The second-order valence-electron chi connectivity index (χ2n) is 4.30. The lowest BCUT2D eigenvalue weighted by atomic mass is 10.1. The van der Waals surface area contributed by atoms with Crippen molar-refractivity contribution in [3.8, 4) is 6.07 Å². The lowest BCUT2D eigenvalue weighted by Crippen LogP contribution is -2.35. The molecule has 102 valence electrons. The van der Waals surface area contributed by atoms with Crippen LogP contribution in [0.15, 0.2) is 36.7 Å². The molecule has 6 heteroatoms. The van der Waals surface area contributed by atoms with E-state index in [-0.39, 0.29) is 0 Å². The molecule has 2 rings (SSSR count). The quantitative estimate of drug-likeness (QED) is 0.885. The predicted molar refractivity (Wildman–Crippen MR) is 74.9 cm³/mol. The Hall–Kier alpha value is -2.81. The SMILES string of the molecule is C[C@H](OC(N)=O)C(C#N)Nc1cncc2ccccc12. The number of hydrogen-bond donors (Lipinski definition) is 2. The zero-order valence-corrected chi connectivity index (χ0v) is 10.9. The summed E-state index contributed by atoms with van der Waals surface area (Å²) in [7, 11) is 0. The van der Waals surface area contributed by atoms with Crippen LogP contribution in [0.25, 0.3) is 10.8 Å². The van der Waals surface area contributed by atoms with Gasteiger partial charge in [0, 0.05) is 17.0 Å². The Bertz CT molecular complexity index is 660. The number of carbonyl (C=O) groups is 1. The van der Waals surface area contributed by atoms with Gasteiger partial charge in [-0.15, -0.1) is 0 Å². The summed E-state index contributed by atoms with van der Waals surface area (Å²) in [4.78, 5) is 14.9. The fraction of sp³-hybridized carbons (Fsp3) is 0.214. The molecule has 0 saturated heterocycles. The fourth-order valence-electron chi connectivity index (χ4n) is 1.90. The molecule has 0 aliphatic carbocycles. The number of carbonyl (C=O) groups excluding carboxylic acids is 1. The minimum absolute atomic E-state index is 0.670. The summed E-state index contributed by atoms with van der Waals surface area (Å²) in [6.07, 6.45) is 1.79. The van der Waals surface area contributed by atoms with E-state index < -0.39 is 18.2 Å². The van der Waals surface area contributed by atoms with Gasteiger partial charge in [-0.05, 0) is 6.92 Å². The van der Waals surface area contributed by atoms with Crippen LogP contribution in [-0.2, 0) is 4.74 Å². The summed E-state index contributed by atoms with van der Waals surface area (Å²) >= 11 is 0. The molecule has 1 heterocycles. The number of nitrogens with one attached hydrogen (secondary N) is 1. The van der Waals surface area contributed by atoms with Crippen molar-refractivity contribution in [3.05, 3.63) is 36.7 Å². The van der Waals surface area contributed by atoms with Crippen LogP contribution in [-0.4, -0.2) is 23.2 Å². The van der Waals surface area contributed by atoms with Gasteiger partial charge in [0.15, 0.2) is 6.04 Å². The predicted octanol–water partition coefficient (Wildman–Crippen LogP) is 2.02. The van der Waals surface area contributed by atoms with Crippen molar-refractivity contribution in [1.29, 1.82) is 5.26 Å². The highest BCUT2D eigenvalue weighted by molar-refractivity contribution is 5.92. The summed E-state index contributed by atoms with van der Waals surface area (Å²) in [6.45, 7) is 1.60. The number of pyridine rings is 1. The molecular weight excluding hydrogens is 256 g/mol. The van der Waals surface area contributed by atoms with Crippen molar-refractivity contribution in [2.45, 2.75) is 19.1 Å². The zero-order valence-electron chi connectivity index (χ0n) is 10.9. The Morgan fingerprint density at radius 2 is 2.20 bits per heavy atom. The van der Waals surface area contributed by atoms with Crippen LogP contribution in [0.4, 0.5) is 10.5 Å². The van der Waals surface area contributed by atoms with E-state index in [4.69, 9.17) is 10.5 Å². The maximum atomic E-state index is 10.7. The van der Waals surface area contributed by atoms with E-state index in [1.807, 2.05) is 30.3 Å². The largest absolute Gasteiger partial charge is 0.443 e. The molecule has 0 aliphatic rings. The summed E-state index contributed by atoms with van der Waals surface area (Å²) in [5.41, 5.74) is 5.66. The van der Waals surface area contributed by atoms with E-state index in [0.717, 1.165) is 10.8 Å². The number of nitriles is 1. The minimum Gasteiger partial charge on any atom is -0.443 e. The van der Waals surface area contributed by atoms with Gasteiger partial charge in [0.2, 0.25) is 0 Å². The van der Waals surface area contributed by atoms with E-state index in [9.17, 15) is 10.1 Å². The molecule has 20 heavy (non-hydrogen) atoms. The first-order valence-electron chi connectivity index (χ1n) is 6.07. The van der Waals surface area contributed by atoms with Gasteiger partial charge >= 0.3 is 6.09 Å². The smallest absolute Gasteiger partial charge is 0.404 e. The molecule has 2 atom stereocenters. The van der Waals surface area contributed by atoms with Crippen molar-refractivity contribution >= 4 is 22.6 Å². The first-order chi connectivity index (χ1) is 9.61. The number of aromatic nitrogens is 1. The van der Waals surface area contributed by atoms with Gasteiger partial charge in [0.25, 0.3) is 0 Å². The van der Waals surface area contributed by atoms with Crippen LogP contribution >= 0.6 is 0 Å². The number of fused-ring (bicyclic) bond motifs is 1. The van der Waals surface area contributed by atoms with Crippen LogP contribution < -0.4 is 11.1 Å². The normalized spacial score (nSPS) is 13.2. The van der Waals surface area contributed by atoms with Crippen molar-refractivity contribution in [2.24, 2.45) is 5.73 Å². The van der Waals surface area contributed by atoms with Gasteiger partial charge in [-0.3, -0.25) is 4.98 Å². The number of benzene rings is 1. The number of amides is 1. The van der Waals surface area contributed by atoms with Crippen LogP contribution in [0, 0.1) is 11.3 Å². The molecule has 0 spiro atoms. The third kappa shape index (κ3) is 2.95. The van der Waals surface area contributed by atoms with Crippen LogP contribution in [0.3, 0.4) is 0 Å². The van der Waals surface area contributed by atoms with Gasteiger partial charge in [0.1, 0.15) is 6.10 Å². The van der Waals surface area contributed by atoms with E-state index in [0.29, 0.717) is 5.69 Å². The van der Waals surface area contributed by atoms with Gasteiger partial charge in [0.05, 0.1) is 18.0 Å². The monoisotopic (exact) mass is 270 g/mol. The Kier molecular flexibility index (Phi) is 4.01. The van der Waals surface area contributed by atoms with Crippen LogP contribution in [0.1, 0.15) is 6.92 Å². The van der Waals surface area contributed by atoms with Gasteiger partial charge < -0.3 is 15.8 Å². The molecule has 0 bridgehead atoms. The Morgan fingerprint density at radius 3 is 2.90 bits per heavy atom. The molecule has 1 unspecified atom stereocenters. The summed E-state index contributed by atoms with van der Waals surface area (Å²) in [5, 5.41) is 14.1. The first-order valence-corrected chi connectivity index (χ1v) is 6.07. The first kappa shape index (κ1) is 13.6. The maximum Gasteiger partial charge on any atom is 0.404 e. The molecule has 1 aromatic carbocycles. The van der Waals surface area contributed by atoms with E-state index in [1.165, 1.54) is 0 Å².